The standard InChI is InChI=1S/C25H31N5O3/c1-15-10-16(2)13-29(12-15)14-22(31)21-11-17(3)30(18(21)4)27-24(32)23-19-8-6-7-9-20(19)25(33)28(5)26-23/h6-9,11,15-16H,10,12-14H2,1-5H3,(H,27,32). The number of benzene rings is 1. The number of hydrogen-bond donors (Lipinski definition) is 1. The Balaban J connectivity index is 1.59. The van der Waals surface area contributed by atoms with Crippen LogP contribution < -0.4 is 11.0 Å². The number of piperidine rings is 1. The molecule has 1 saturated heterocycles. The lowest BCUT2D eigenvalue weighted by atomic mass is 9.91. The van der Waals surface area contributed by atoms with Gasteiger partial charge in [-0.2, -0.15) is 5.10 Å². The van der Waals surface area contributed by atoms with Crippen molar-refractivity contribution >= 4 is 22.5 Å². The smallest absolute Gasteiger partial charge is 0.291 e. The normalized spacial score (nSPS) is 19.1. The highest BCUT2D eigenvalue weighted by atomic mass is 16.2. The van der Waals surface area contributed by atoms with Crippen molar-refractivity contribution in [3.8, 4) is 0 Å². The third kappa shape index (κ3) is 4.48. The summed E-state index contributed by atoms with van der Waals surface area (Å²) in [4.78, 5) is 40.9. The number of hydrogen-bond acceptors (Lipinski definition) is 5. The second-order valence-electron chi connectivity index (χ2n) is 9.45. The Morgan fingerprint density at radius 1 is 1.09 bits per heavy atom. The predicted molar refractivity (Wildman–Crippen MR) is 128 cm³/mol. The van der Waals surface area contributed by atoms with Gasteiger partial charge < -0.3 is 0 Å². The van der Waals surface area contributed by atoms with E-state index in [9.17, 15) is 14.4 Å². The number of rotatable bonds is 5. The molecule has 1 aromatic carbocycles. The van der Waals surface area contributed by atoms with Crippen LogP contribution in [0.25, 0.3) is 10.8 Å². The van der Waals surface area contributed by atoms with E-state index in [0.717, 1.165) is 18.8 Å². The molecule has 1 amide bonds. The molecule has 1 N–H and O–H groups in total. The first-order valence-electron chi connectivity index (χ1n) is 11.4. The number of aromatic nitrogens is 3. The van der Waals surface area contributed by atoms with Gasteiger partial charge in [-0.15, -0.1) is 0 Å². The fourth-order valence-corrected chi connectivity index (χ4v) is 5.05. The van der Waals surface area contributed by atoms with Gasteiger partial charge in [-0.1, -0.05) is 32.0 Å². The largest absolute Gasteiger partial charge is 0.295 e. The zero-order valence-corrected chi connectivity index (χ0v) is 19.9. The first-order valence-corrected chi connectivity index (χ1v) is 11.4. The lowest BCUT2D eigenvalue weighted by Gasteiger charge is -2.34. The molecule has 2 atom stereocenters. The molecule has 3 aromatic rings. The number of nitrogens with zero attached hydrogens (tertiary/aromatic N) is 4. The number of Topliss-reactive ketones (excluding diaryl/α,β-unsaturated/α-hetero) is 1. The van der Waals surface area contributed by atoms with Gasteiger partial charge in [0.25, 0.3) is 11.5 Å². The van der Waals surface area contributed by atoms with E-state index in [4.69, 9.17) is 0 Å². The van der Waals surface area contributed by atoms with Gasteiger partial charge in [0.05, 0.1) is 11.9 Å². The fraction of sp³-hybridized carbons (Fsp3) is 0.440. The summed E-state index contributed by atoms with van der Waals surface area (Å²) in [5.41, 5.74) is 4.79. The van der Waals surface area contributed by atoms with Crippen LogP contribution in [-0.2, 0) is 7.05 Å². The summed E-state index contributed by atoms with van der Waals surface area (Å²) in [7, 11) is 1.52. The van der Waals surface area contributed by atoms with Crippen molar-refractivity contribution in [3.63, 3.8) is 0 Å². The lowest BCUT2D eigenvalue weighted by Crippen LogP contribution is -2.41. The Bertz CT molecular complexity index is 1280. The first-order chi connectivity index (χ1) is 15.7. The summed E-state index contributed by atoms with van der Waals surface area (Å²) in [6.45, 7) is 10.4. The second-order valence-corrected chi connectivity index (χ2v) is 9.45. The van der Waals surface area contributed by atoms with E-state index in [0.29, 0.717) is 40.4 Å². The summed E-state index contributed by atoms with van der Waals surface area (Å²) in [6.07, 6.45) is 1.19. The van der Waals surface area contributed by atoms with E-state index in [1.54, 1.807) is 28.9 Å². The van der Waals surface area contributed by atoms with Crippen LogP contribution in [0.2, 0.25) is 0 Å². The van der Waals surface area contributed by atoms with Crippen LogP contribution in [0.4, 0.5) is 0 Å². The van der Waals surface area contributed by atoms with Crippen molar-refractivity contribution in [1.82, 2.24) is 19.4 Å². The quantitative estimate of drug-likeness (QED) is 0.605. The Kier molecular flexibility index (Phi) is 6.21. The van der Waals surface area contributed by atoms with Gasteiger partial charge in [0.15, 0.2) is 11.5 Å². The van der Waals surface area contributed by atoms with E-state index in [-0.39, 0.29) is 17.0 Å². The number of ketones is 1. The molecule has 0 radical (unpaired) electrons. The van der Waals surface area contributed by atoms with Gasteiger partial charge in [0.2, 0.25) is 0 Å². The molecule has 0 bridgehead atoms. The van der Waals surface area contributed by atoms with Crippen LogP contribution in [0.15, 0.2) is 35.1 Å². The maximum absolute atomic E-state index is 13.2. The van der Waals surface area contributed by atoms with Gasteiger partial charge in [-0.25, -0.2) is 4.68 Å². The topological polar surface area (TPSA) is 89.2 Å². The molecule has 33 heavy (non-hydrogen) atoms. The molecule has 4 rings (SSSR count). The number of carbonyl (C=O) groups is 2. The summed E-state index contributed by atoms with van der Waals surface area (Å²) in [6, 6.07) is 8.74. The minimum atomic E-state index is -0.443. The minimum Gasteiger partial charge on any atom is -0.295 e. The average Bonchev–Trinajstić information content (AvgIpc) is 3.04. The molecule has 1 aliphatic rings. The Hall–Kier alpha value is -3.26. The zero-order valence-electron chi connectivity index (χ0n) is 19.9. The van der Waals surface area contributed by atoms with Gasteiger partial charge in [0, 0.05) is 42.5 Å². The molecule has 0 spiro atoms. The Morgan fingerprint density at radius 2 is 1.73 bits per heavy atom. The van der Waals surface area contributed by atoms with Gasteiger partial charge >= 0.3 is 0 Å². The summed E-state index contributed by atoms with van der Waals surface area (Å²) in [5, 5.41) is 5.12. The van der Waals surface area contributed by atoms with Crippen LogP contribution in [0.5, 0.6) is 0 Å². The number of amides is 1. The van der Waals surface area contributed by atoms with Crippen molar-refractivity contribution in [2.75, 3.05) is 25.1 Å². The highest BCUT2D eigenvalue weighted by Crippen LogP contribution is 2.22. The molecule has 174 valence electrons. The van der Waals surface area contributed by atoms with Gasteiger partial charge in [-0.05, 0) is 44.2 Å². The molecule has 1 fully saturated rings. The zero-order chi connectivity index (χ0) is 23.9. The van der Waals surface area contributed by atoms with Crippen LogP contribution in [0.3, 0.4) is 0 Å². The van der Waals surface area contributed by atoms with Crippen molar-refractivity contribution in [1.29, 1.82) is 0 Å². The Morgan fingerprint density at radius 3 is 2.39 bits per heavy atom. The summed E-state index contributed by atoms with van der Waals surface area (Å²) in [5.74, 6) is 0.770. The Labute approximate surface area is 193 Å². The lowest BCUT2D eigenvalue weighted by molar-refractivity contribution is 0.0848. The molecular formula is C25H31N5O3. The molecule has 2 aromatic heterocycles. The molecule has 0 aliphatic carbocycles. The third-order valence-corrected chi connectivity index (χ3v) is 6.43. The highest BCUT2D eigenvalue weighted by molar-refractivity contribution is 6.08. The monoisotopic (exact) mass is 449 g/mol. The predicted octanol–water partition coefficient (Wildman–Crippen LogP) is 2.90. The molecule has 8 heteroatoms. The van der Waals surface area contributed by atoms with Gasteiger partial charge in [-0.3, -0.25) is 29.4 Å². The molecule has 0 saturated carbocycles. The van der Waals surface area contributed by atoms with Gasteiger partial charge in [0.1, 0.15) is 0 Å². The fourth-order valence-electron chi connectivity index (χ4n) is 5.05. The molecule has 1 aliphatic heterocycles. The highest BCUT2D eigenvalue weighted by Gasteiger charge is 2.26. The second kappa shape index (κ2) is 8.94. The van der Waals surface area contributed by atoms with Crippen molar-refractivity contribution in [2.45, 2.75) is 34.1 Å². The van der Waals surface area contributed by atoms with E-state index in [1.165, 1.54) is 18.2 Å². The SMILES string of the molecule is Cc1cc(C(=O)CN2CC(C)CC(C)C2)c(C)n1NC(=O)c1nn(C)c(=O)c2ccccc12. The number of nitrogens with one attached hydrogen (secondary N) is 1. The maximum atomic E-state index is 13.2. The number of fused-ring (bicyclic) bond motifs is 1. The van der Waals surface area contributed by atoms with Crippen molar-refractivity contribution < 1.29 is 9.59 Å². The third-order valence-electron chi connectivity index (χ3n) is 6.43. The van der Waals surface area contributed by atoms with Crippen LogP contribution >= 0.6 is 0 Å². The summed E-state index contributed by atoms with van der Waals surface area (Å²) < 4.78 is 2.79. The van der Waals surface area contributed by atoms with Crippen LogP contribution in [0, 0.1) is 25.7 Å². The molecular weight excluding hydrogens is 418 g/mol. The van der Waals surface area contributed by atoms with Crippen molar-refractivity contribution in [2.24, 2.45) is 18.9 Å². The van der Waals surface area contributed by atoms with E-state index in [2.05, 4.69) is 29.3 Å². The number of likely N-dealkylation sites (tertiary alicyclic amines) is 1. The molecule has 8 nitrogen and oxygen atoms in total. The van der Waals surface area contributed by atoms with E-state index < -0.39 is 5.91 Å². The van der Waals surface area contributed by atoms with E-state index in [1.807, 2.05) is 19.9 Å². The van der Waals surface area contributed by atoms with E-state index >= 15 is 0 Å². The van der Waals surface area contributed by atoms with Crippen molar-refractivity contribution in [3.05, 3.63) is 63.3 Å². The molecule has 3 heterocycles. The maximum Gasteiger partial charge on any atom is 0.291 e. The van der Waals surface area contributed by atoms with Crippen LogP contribution in [-0.4, -0.2) is 50.7 Å². The molecule has 2 unspecified atom stereocenters. The first kappa shape index (κ1) is 22.9. The summed E-state index contributed by atoms with van der Waals surface area (Å²) >= 11 is 0. The average molecular weight is 450 g/mol. The minimum absolute atomic E-state index is 0.0515. The number of aryl methyl sites for hydroxylation is 2. The number of carbonyl (C=O) groups excluding carboxylic acids is 2. The van der Waals surface area contributed by atoms with Crippen LogP contribution in [0.1, 0.15) is 52.5 Å².